The third kappa shape index (κ3) is 5.87. The van der Waals surface area contributed by atoms with Crippen LogP contribution >= 0.6 is 12.4 Å². The van der Waals surface area contributed by atoms with Gasteiger partial charge in [-0.15, -0.1) is 12.4 Å². The molecule has 0 aliphatic heterocycles. The van der Waals surface area contributed by atoms with E-state index in [1.165, 1.54) is 12.1 Å². The van der Waals surface area contributed by atoms with Crippen molar-refractivity contribution in [3.63, 3.8) is 0 Å². The lowest BCUT2D eigenvalue weighted by atomic mass is 10.2. The van der Waals surface area contributed by atoms with Gasteiger partial charge in [0.15, 0.2) is 0 Å². The van der Waals surface area contributed by atoms with E-state index < -0.39 is 10.0 Å². The van der Waals surface area contributed by atoms with Crippen LogP contribution in [0.1, 0.15) is 12.5 Å². The Kier molecular flexibility index (Phi) is 8.40. The second-order valence-electron chi connectivity index (χ2n) is 3.95. The normalized spacial score (nSPS) is 10.7. The number of halogens is 1. The van der Waals surface area contributed by atoms with Gasteiger partial charge in [-0.25, -0.2) is 13.1 Å². The molecule has 0 aliphatic carbocycles. The minimum absolute atomic E-state index is 0. The molecule has 0 radical (unpaired) electrons. The maximum Gasteiger partial charge on any atom is 0.240 e. The maximum atomic E-state index is 11.7. The zero-order chi connectivity index (χ0) is 14.3. The molecule has 0 saturated carbocycles. The number of amides is 1. The molecule has 0 fully saturated rings. The summed E-state index contributed by atoms with van der Waals surface area (Å²) in [5.41, 5.74) is 0.847. The fourth-order valence-electron chi connectivity index (χ4n) is 1.48. The molecule has 0 aliphatic rings. The quantitative estimate of drug-likeness (QED) is 0.671. The number of likely N-dealkylation sites (N-methyl/N-ethyl adjacent to an activating group) is 1. The van der Waals surface area contributed by atoms with Gasteiger partial charge in [0.2, 0.25) is 15.9 Å². The number of rotatable bonds is 7. The minimum Gasteiger partial charge on any atom is -0.351 e. The van der Waals surface area contributed by atoms with Crippen molar-refractivity contribution in [2.45, 2.75) is 18.4 Å². The van der Waals surface area contributed by atoms with Gasteiger partial charge in [-0.1, -0.05) is 19.1 Å². The van der Waals surface area contributed by atoms with Crippen molar-refractivity contribution < 1.29 is 13.2 Å². The molecule has 0 spiro atoms. The Morgan fingerprint density at radius 1 is 1.20 bits per heavy atom. The summed E-state index contributed by atoms with van der Waals surface area (Å²) >= 11 is 0. The van der Waals surface area contributed by atoms with Gasteiger partial charge in [0.25, 0.3) is 0 Å². The summed E-state index contributed by atoms with van der Waals surface area (Å²) in [6.45, 7) is 2.71. The molecule has 20 heavy (non-hydrogen) atoms. The van der Waals surface area contributed by atoms with Crippen LogP contribution in [-0.4, -0.2) is 34.5 Å². The number of benzene rings is 1. The van der Waals surface area contributed by atoms with Crippen LogP contribution in [0.15, 0.2) is 29.2 Å². The SMILES string of the molecule is CCNS(=O)(=O)c1ccc(CNC(=O)CNC)cc1.Cl. The molecular weight excluding hydrogens is 302 g/mol. The first-order valence-corrected chi connectivity index (χ1v) is 7.48. The Labute approximate surface area is 125 Å². The fourth-order valence-corrected chi connectivity index (χ4v) is 2.52. The highest BCUT2D eigenvalue weighted by atomic mass is 35.5. The Bertz CT molecular complexity index is 517. The number of carbonyl (C=O) groups excluding carboxylic acids is 1. The van der Waals surface area contributed by atoms with Crippen molar-refractivity contribution in [3.05, 3.63) is 29.8 Å². The Morgan fingerprint density at radius 2 is 1.80 bits per heavy atom. The molecule has 0 heterocycles. The largest absolute Gasteiger partial charge is 0.351 e. The van der Waals surface area contributed by atoms with Crippen LogP contribution in [-0.2, 0) is 21.4 Å². The Hall–Kier alpha value is -1.15. The molecule has 1 rings (SSSR count). The second kappa shape index (κ2) is 8.91. The molecule has 0 unspecified atom stereocenters. The van der Waals surface area contributed by atoms with E-state index in [1.54, 1.807) is 26.1 Å². The number of sulfonamides is 1. The monoisotopic (exact) mass is 321 g/mol. The molecule has 0 aromatic heterocycles. The highest BCUT2D eigenvalue weighted by Gasteiger charge is 2.11. The summed E-state index contributed by atoms with van der Waals surface area (Å²) in [4.78, 5) is 11.5. The van der Waals surface area contributed by atoms with Gasteiger partial charge in [0.05, 0.1) is 11.4 Å². The zero-order valence-corrected chi connectivity index (χ0v) is 13.1. The number of carbonyl (C=O) groups is 1. The predicted octanol–water partition coefficient (Wildman–Crippen LogP) is 0.242. The van der Waals surface area contributed by atoms with E-state index in [0.29, 0.717) is 13.1 Å². The lowest BCUT2D eigenvalue weighted by Gasteiger charge is -2.07. The number of hydrogen-bond acceptors (Lipinski definition) is 4. The topological polar surface area (TPSA) is 87.3 Å². The van der Waals surface area contributed by atoms with E-state index in [-0.39, 0.29) is 29.8 Å². The molecule has 1 aromatic rings. The van der Waals surface area contributed by atoms with Crippen molar-refractivity contribution >= 4 is 28.3 Å². The maximum absolute atomic E-state index is 11.7. The van der Waals surface area contributed by atoms with Crippen LogP contribution < -0.4 is 15.4 Å². The number of nitrogens with one attached hydrogen (secondary N) is 3. The van der Waals surface area contributed by atoms with Crippen LogP contribution in [0.3, 0.4) is 0 Å². The van der Waals surface area contributed by atoms with Crippen molar-refractivity contribution in [2.24, 2.45) is 0 Å². The Morgan fingerprint density at radius 3 is 2.30 bits per heavy atom. The number of hydrogen-bond donors (Lipinski definition) is 3. The highest BCUT2D eigenvalue weighted by Crippen LogP contribution is 2.10. The van der Waals surface area contributed by atoms with Crippen LogP contribution in [0, 0.1) is 0 Å². The first kappa shape index (κ1) is 18.9. The summed E-state index contributed by atoms with van der Waals surface area (Å²) in [5, 5.41) is 5.46. The molecule has 6 nitrogen and oxygen atoms in total. The van der Waals surface area contributed by atoms with E-state index in [1.807, 2.05) is 0 Å². The van der Waals surface area contributed by atoms with Gasteiger partial charge >= 0.3 is 0 Å². The van der Waals surface area contributed by atoms with Crippen LogP contribution in [0.5, 0.6) is 0 Å². The van der Waals surface area contributed by atoms with Crippen molar-refractivity contribution in [2.75, 3.05) is 20.1 Å². The summed E-state index contributed by atoms with van der Waals surface area (Å²) in [6, 6.07) is 6.42. The van der Waals surface area contributed by atoms with Gasteiger partial charge in [-0.3, -0.25) is 4.79 Å². The van der Waals surface area contributed by atoms with Crippen molar-refractivity contribution in [1.82, 2.24) is 15.4 Å². The summed E-state index contributed by atoms with van der Waals surface area (Å²) in [5.74, 6) is -0.105. The van der Waals surface area contributed by atoms with Gasteiger partial charge in [-0.05, 0) is 24.7 Å². The molecule has 0 bridgehead atoms. The van der Waals surface area contributed by atoms with Crippen LogP contribution in [0.25, 0.3) is 0 Å². The molecular formula is C12H20ClN3O3S. The Balaban J connectivity index is 0.00000361. The zero-order valence-electron chi connectivity index (χ0n) is 11.5. The van der Waals surface area contributed by atoms with Gasteiger partial charge in [0.1, 0.15) is 0 Å². The molecule has 3 N–H and O–H groups in total. The van der Waals surface area contributed by atoms with Crippen molar-refractivity contribution in [1.29, 1.82) is 0 Å². The standard InChI is InChI=1S/C12H19N3O3S.ClH/c1-3-15-19(17,18)11-6-4-10(5-7-11)8-14-12(16)9-13-2;/h4-7,13,15H,3,8-9H2,1-2H3,(H,14,16);1H. The minimum atomic E-state index is -3.41. The summed E-state index contributed by atoms with van der Waals surface area (Å²) in [6.07, 6.45) is 0. The smallest absolute Gasteiger partial charge is 0.240 e. The summed E-state index contributed by atoms with van der Waals surface area (Å²) < 4.78 is 25.8. The fraction of sp³-hybridized carbons (Fsp3) is 0.417. The van der Waals surface area contributed by atoms with Crippen molar-refractivity contribution in [3.8, 4) is 0 Å². The first-order chi connectivity index (χ1) is 8.99. The van der Waals surface area contributed by atoms with E-state index in [4.69, 9.17) is 0 Å². The van der Waals surface area contributed by atoms with E-state index >= 15 is 0 Å². The summed E-state index contributed by atoms with van der Waals surface area (Å²) in [7, 11) is -1.72. The molecule has 8 heteroatoms. The second-order valence-corrected chi connectivity index (χ2v) is 5.72. The van der Waals surface area contributed by atoms with Gasteiger partial charge in [0, 0.05) is 13.1 Å². The van der Waals surface area contributed by atoms with E-state index in [2.05, 4.69) is 15.4 Å². The molecule has 1 aromatic carbocycles. The van der Waals surface area contributed by atoms with E-state index in [9.17, 15) is 13.2 Å². The lowest BCUT2D eigenvalue weighted by Crippen LogP contribution is -2.31. The lowest BCUT2D eigenvalue weighted by molar-refractivity contribution is -0.120. The van der Waals surface area contributed by atoms with Gasteiger partial charge in [-0.2, -0.15) is 0 Å². The highest BCUT2D eigenvalue weighted by molar-refractivity contribution is 7.89. The van der Waals surface area contributed by atoms with Gasteiger partial charge < -0.3 is 10.6 Å². The average molecular weight is 322 g/mol. The van der Waals surface area contributed by atoms with Crippen LogP contribution in [0.2, 0.25) is 0 Å². The molecule has 0 saturated heterocycles. The average Bonchev–Trinajstić information content (AvgIpc) is 2.37. The third-order valence-corrected chi connectivity index (χ3v) is 3.96. The molecule has 0 atom stereocenters. The van der Waals surface area contributed by atoms with E-state index in [0.717, 1.165) is 5.56 Å². The molecule has 1 amide bonds. The molecule has 114 valence electrons. The predicted molar refractivity (Wildman–Crippen MR) is 80.3 cm³/mol. The third-order valence-electron chi connectivity index (χ3n) is 2.40. The first-order valence-electron chi connectivity index (χ1n) is 5.99. The van der Waals surface area contributed by atoms with Crippen LogP contribution in [0.4, 0.5) is 0 Å².